The van der Waals surface area contributed by atoms with E-state index in [1.165, 1.54) is 12.1 Å². The minimum absolute atomic E-state index is 0.120. The van der Waals surface area contributed by atoms with Crippen LogP contribution in [0.5, 0.6) is 0 Å². The molecule has 1 aromatic rings. The zero-order valence-electron chi connectivity index (χ0n) is 8.84. The van der Waals surface area contributed by atoms with Crippen LogP contribution in [0.3, 0.4) is 0 Å². The summed E-state index contributed by atoms with van der Waals surface area (Å²) in [4.78, 5) is 0.164. The van der Waals surface area contributed by atoms with E-state index in [1.807, 2.05) is 6.92 Å². The van der Waals surface area contributed by atoms with Gasteiger partial charge in [-0.1, -0.05) is 25.1 Å². The topological polar surface area (TPSA) is 55.4 Å². The van der Waals surface area contributed by atoms with E-state index in [2.05, 4.69) is 4.72 Å². The van der Waals surface area contributed by atoms with Gasteiger partial charge in [0.15, 0.2) is 0 Å². The smallest absolute Gasteiger partial charge is 0.270 e. The van der Waals surface area contributed by atoms with Crippen molar-refractivity contribution in [1.29, 1.82) is 0 Å². The van der Waals surface area contributed by atoms with Gasteiger partial charge in [-0.3, -0.25) is 0 Å². The molecule has 0 aliphatic carbocycles. The second-order valence-corrected chi connectivity index (χ2v) is 5.11. The molecule has 0 radical (unpaired) electrons. The lowest BCUT2D eigenvalue weighted by molar-refractivity contribution is 0.304. The van der Waals surface area contributed by atoms with Crippen LogP contribution >= 0.6 is 12.2 Å². The van der Waals surface area contributed by atoms with Gasteiger partial charge in [0.25, 0.3) is 15.2 Å². The van der Waals surface area contributed by atoms with Crippen molar-refractivity contribution < 1.29 is 13.2 Å². The van der Waals surface area contributed by atoms with Crippen molar-refractivity contribution in [2.75, 3.05) is 6.61 Å². The van der Waals surface area contributed by atoms with E-state index in [0.29, 0.717) is 6.61 Å². The first kappa shape index (κ1) is 12.9. The number of sulfonamides is 1. The molecule has 0 amide bonds. The van der Waals surface area contributed by atoms with Crippen LogP contribution in [-0.2, 0) is 14.8 Å². The minimum atomic E-state index is -3.61. The molecule has 0 aromatic heterocycles. The molecule has 88 valence electrons. The predicted octanol–water partition coefficient (Wildman–Crippen LogP) is 1.68. The number of hydrogen-bond donors (Lipinski definition) is 1. The van der Waals surface area contributed by atoms with Crippen LogP contribution < -0.4 is 4.72 Å². The van der Waals surface area contributed by atoms with Crippen molar-refractivity contribution in [3.8, 4) is 0 Å². The quantitative estimate of drug-likeness (QED) is 0.836. The molecule has 0 bridgehead atoms. The summed E-state index contributed by atoms with van der Waals surface area (Å²) >= 11 is 4.76. The molecule has 6 heteroatoms. The first-order valence-electron chi connectivity index (χ1n) is 4.81. The lowest BCUT2D eigenvalue weighted by atomic mass is 10.4. The van der Waals surface area contributed by atoms with Gasteiger partial charge in [0, 0.05) is 0 Å². The number of nitrogens with one attached hydrogen (secondary N) is 1. The molecule has 0 fully saturated rings. The van der Waals surface area contributed by atoms with E-state index in [-0.39, 0.29) is 10.1 Å². The van der Waals surface area contributed by atoms with Gasteiger partial charge < -0.3 is 4.74 Å². The molecule has 1 N–H and O–H groups in total. The molecule has 1 rings (SSSR count). The average molecular weight is 259 g/mol. The van der Waals surface area contributed by atoms with Crippen molar-refractivity contribution in [1.82, 2.24) is 4.72 Å². The zero-order valence-corrected chi connectivity index (χ0v) is 10.5. The van der Waals surface area contributed by atoms with Crippen molar-refractivity contribution in [3.63, 3.8) is 0 Å². The van der Waals surface area contributed by atoms with Gasteiger partial charge >= 0.3 is 0 Å². The highest BCUT2D eigenvalue weighted by molar-refractivity contribution is 7.91. The lowest BCUT2D eigenvalue weighted by Crippen LogP contribution is -2.31. The van der Waals surface area contributed by atoms with E-state index in [0.717, 1.165) is 6.42 Å². The van der Waals surface area contributed by atoms with E-state index >= 15 is 0 Å². The van der Waals surface area contributed by atoms with Gasteiger partial charge in [0.05, 0.1) is 11.5 Å². The van der Waals surface area contributed by atoms with E-state index in [9.17, 15) is 8.42 Å². The molecule has 0 unspecified atom stereocenters. The minimum Gasteiger partial charge on any atom is -0.470 e. The summed E-state index contributed by atoms with van der Waals surface area (Å²) in [6.45, 7) is 2.31. The Kier molecular flexibility index (Phi) is 4.70. The highest BCUT2D eigenvalue weighted by Crippen LogP contribution is 2.07. The van der Waals surface area contributed by atoms with Crippen LogP contribution in [0.2, 0.25) is 0 Å². The molecule has 0 aliphatic rings. The molecule has 1 aromatic carbocycles. The van der Waals surface area contributed by atoms with Crippen LogP contribution in [-0.4, -0.2) is 20.2 Å². The van der Waals surface area contributed by atoms with Crippen molar-refractivity contribution in [2.24, 2.45) is 0 Å². The summed E-state index contributed by atoms with van der Waals surface area (Å²) in [6, 6.07) is 8.01. The SMILES string of the molecule is CCCOC(=S)NS(=O)(=O)c1ccccc1. The Morgan fingerprint density at radius 3 is 2.56 bits per heavy atom. The molecule has 0 atom stereocenters. The zero-order chi connectivity index (χ0) is 12.0. The fourth-order valence-electron chi connectivity index (χ4n) is 0.993. The Morgan fingerprint density at radius 1 is 1.38 bits per heavy atom. The number of benzene rings is 1. The van der Waals surface area contributed by atoms with E-state index in [1.54, 1.807) is 18.2 Å². The first-order valence-corrected chi connectivity index (χ1v) is 6.70. The maximum Gasteiger partial charge on any atom is 0.270 e. The molecule has 4 nitrogen and oxygen atoms in total. The van der Waals surface area contributed by atoms with Gasteiger partial charge in [-0.15, -0.1) is 0 Å². The summed E-state index contributed by atoms with van der Waals surface area (Å²) in [6.07, 6.45) is 0.771. The van der Waals surface area contributed by atoms with Crippen LogP contribution in [0.25, 0.3) is 0 Å². The standard InChI is InChI=1S/C10H13NO3S2/c1-2-8-14-10(15)11-16(12,13)9-6-4-3-5-7-9/h3-7H,2,8H2,1H3,(H,11,15). The largest absolute Gasteiger partial charge is 0.470 e. The molecular formula is C10H13NO3S2. The number of thiocarbonyl (C=S) groups is 1. The van der Waals surface area contributed by atoms with Gasteiger partial charge in [0.1, 0.15) is 0 Å². The van der Waals surface area contributed by atoms with Gasteiger partial charge in [-0.25, -0.2) is 13.1 Å². The summed E-state index contributed by atoms with van der Waals surface area (Å²) in [5.41, 5.74) is 0. The average Bonchev–Trinajstić information content (AvgIpc) is 2.27. The van der Waals surface area contributed by atoms with Crippen molar-refractivity contribution in [3.05, 3.63) is 30.3 Å². The Morgan fingerprint density at radius 2 is 2.00 bits per heavy atom. The van der Waals surface area contributed by atoms with Crippen molar-refractivity contribution >= 4 is 27.4 Å². The van der Waals surface area contributed by atoms with Gasteiger partial charge in [-0.05, 0) is 30.8 Å². The summed E-state index contributed by atoms with van der Waals surface area (Å²) in [7, 11) is -3.61. The van der Waals surface area contributed by atoms with Crippen LogP contribution in [0.4, 0.5) is 0 Å². The normalized spacial score (nSPS) is 10.8. The van der Waals surface area contributed by atoms with Crippen LogP contribution in [0, 0.1) is 0 Å². The second kappa shape index (κ2) is 5.81. The Labute approximate surface area is 101 Å². The molecule has 0 saturated carbocycles. The summed E-state index contributed by atoms with van der Waals surface area (Å²) in [5.74, 6) is 0. The third kappa shape index (κ3) is 3.79. The number of rotatable bonds is 4. The molecule has 0 spiro atoms. The monoisotopic (exact) mass is 259 g/mol. The maximum absolute atomic E-state index is 11.7. The lowest BCUT2D eigenvalue weighted by Gasteiger charge is -2.09. The fraction of sp³-hybridized carbons (Fsp3) is 0.300. The van der Waals surface area contributed by atoms with E-state index in [4.69, 9.17) is 17.0 Å². The fourth-order valence-corrected chi connectivity index (χ4v) is 2.32. The Hall–Kier alpha value is -1.14. The van der Waals surface area contributed by atoms with E-state index < -0.39 is 10.0 Å². The number of hydrogen-bond acceptors (Lipinski definition) is 4. The number of ether oxygens (including phenoxy) is 1. The molecule has 0 heterocycles. The van der Waals surface area contributed by atoms with Crippen LogP contribution in [0.1, 0.15) is 13.3 Å². The maximum atomic E-state index is 11.7. The Balaban J connectivity index is 2.70. The predicted molar refractivity (Wildman–Crippen MR) is 65.6 cm³/mol. The first-order chi connectivity index (χ1) is 7.56. The van der Waals surface area contributed by atoms with Crippen molar-refractivity contribution in [2.45, 2.75) is 18.2 Å². The molecular weight excluding hydrogens is 246 g/mol. The molecule has 0 saturated heterocycles. The van der Waals surface area contributed by atoms with Gasteiger partial charge in [0.2, 0.25) is 0 Å². The highest BCUT2D eigenvalue weighted by Gasteiger charge is 2.15. The third-order valence-corrected chi connectivity index (χ3v) is 3.40. The highest BCUT2D eigenvalue weighted by atomic mass is 32.2. The van der Waals surface area contributed by atoms with Crippen LogP contribution in [0.15, 0.2) is 35.2 Å². The second-order valence-electron chi connectivity index (χ2n) is 3.05. The third-order valence-electron chi connectivity index (χ3n) is 1.71. The molecule has 0 aliphatic heterocycles. The summed E-state index contributed by atoms with van der Waals surface area (Å²) in [5, 5.41) is -0.120. The Bertz CT molecular complexity index is 442. The summed E-state index contributed by atoms with van der Waals surface area (Å²) < 4.78 is 30.6. The molecule has 16 heavy (non-hydrogen) atoms. The van der Waals surface area contributed by atoms with Gasteiger partial charge in [-0.2, -0.15) is 0 Å².